The molecular formula is C17H28N2O4. The Bertz CT molecular complexity index is 523. The first kappa shape index (κ1) is 19.2. The number of carbonyl (C=O) groups is 2. The Balaban J connectivity index is 2.65. The summed E-state index contributed by atoms with van der Waals surface area (Å²) in [5.41, 5.74) is 2.12. The number of nitrogens with one attached hydrogen (secondary N) is 2. The zero-order valence-corrected chi connectivity index (χ0v) is 14.6. The molecule has 1 rings (SSSR count). The SMILES string of the molecule is CCCCCCNC(=O)c1[nH]c(C)c(C(=O)OCCOC)c1C. The lowest BCUT2D eigenvalue weighted by atomic mass is 10.1. The molecule has 130 valence electrons. The van der Waals surface area contributed by atoms with Crippen LogP contribution in [0.25, 0.3) is 0 Å². The van der Waals surface area contributed by atoms with E-state index in [1.165, 1.54) is 6.42 Å². The number of esters is 1. The Labute approximate surface area is 137 Å². The van der Waals surface area contributed by atoms with Gasteiger partial charge in [0, 0.05) is 19.3 Å². The highest BCUT2D eigenvalue weighted by Gasteiger charge is 2.22. The van der Waals surface area contributed by atoms with Crippen molar-refractivity contribution in [3.63, 3.8) is 0 Å². The van der Waals surface area contributed by atoms with Crippen LogP contribution in [0.5, 0.6) is 0 Å². The third-order valence-corrected chi connectivity index (χ3v) is 3.71. The molecule has 1 aromatic heterocycles. The molecule has 1 amide bonds. The van der Waals surface area contributed by atoms with Gasteiger partial charge in [0.15, 0.2) is 0 Å². The van der Waals surface area contributed by atoms with Crippen molar-refractivity contribution in [1.82, 2.24) is 10.3 Å². The summed E-state index contributed by atoms with van der Waals surface area (Å²) in [6.45, 7) is 6.85. The first-order valence-electron chi connectivity index (χ1n) is 8.16. The van der Waals surface area contributed by atoms with Crippen molar-refractivity contribution in [2.24, 2.45) is 0 Å². The molecule has 0 unspecified atom stereocenters. The van der Waals surface area contributed by atoms with Gasteiger partial charge in [-0.3, -0.25) is 4.79 Å². The van der Waals surface area contributed by atoms with Gasteiger partial charge in [-0.15, -0.1) is 0 Å². The molecule has 0 atom stereocenters. The summed E-state index contributed by atoms with van der Waals surface area (Å²) in [6, 6.07) is 0. The van der Waals surface area contributed by atoms with Crippen LogP contribution in [0.4, 0.5) is 0 Å². The van der Waals surface area contributed by atoms with Crippen molar-refractivity contribution in [3.05, 3.63) is 22.5 Å². The number of carbonyl (C=O) groups excluding carboxylic acids is 2. The molecule has 0 fully saturated rings. The predicted molar refractivity (Wildman–Crippen MR) is 88.9 cm³/mol. The summed E-state index contributed by atoms with van der Waals surface area (Å²) in [6.07, 6.45) is 4.41. The fraction of sp³-hybridized carbons (Fsp3) is 0.647. The highest BCUT2D eigenvalue weighted by Crippen LogP contribution is 2.19. The molecule has 0 aromatic carbocycles. The van der Waals surface area contributed by atoms with Crippen LogP contribution in [-0.4, -0.2) is 43.7 Å². The number of aromatic amines is 1. The molecule has 0 bridgehead atoms. The summed E-state index contributed by atoms with van der Waals surface area (Å²) < 4.78 is 9.99. The smallest absolute Gasteiger partial charge is 0.340 e. The monoisotopic (exact) mass is 324 g/mol. The van der Waals surface area contributed by atoms with Gasteiger partial charge in [0.2, 0.25) is 0 Å². The van der Waals surface area contributed by atoms with Gasteiger partial charge in [-0.25, -0.2) is 4.79 Å². The maximum atomic E-state index is 12.2. The van der Waals surface area contributed by atoms with Crippen LogP contribution >= 0.6 is 0 Å². The summed E-state index contributed by atoms with van der Waals surface area (Å²) in [4.78, 5) is 27.3. The second-order valence-electron chi connectivity index (χ2n) is 5.57. The highest BCUT2D eigenvalue weighted by molar-refractivity contribution is 6.00. The van der Waals surface area contributed by atoms with Crippen molar-refractivity contribution in [2.45, 2.75) is 46.5 Å². The van der Waals surface area contributed by atoms with Gasteiger partial charge in [-0.2, -0.15) is 0 Å². The van der Waals surface area contributed by atoms with Crippen LogP contribution in [0.3, 0.4) is 0 Å². The van der Waals surface area contributed by atoms with E-state index in [1.807, 2.05) is 0 Å². The van der Waals surface area contributed by atoms with E-state index in [0.717, 1.165) is 19.3 Å². The molecule has 6 nitrogen and oxygen atoms in total. The van der Waals surface area contributed by atoms with E-state index in [4.69, 9.17) is 9.47 Å². The molecule has 1 heterocycles. The maximum absolute atomic E-state index is 12.2. The quantitative estimate of drug-likeness (QED) is 0.512. The number of aromatic nitrogens is 1. The Hall–Kier alpha value is -1.82. The largest absolute Gasteiger partial charge is 0.460 e. The number of methoxy groups -OCH3 is 1. The minimum Gasteiger partial charge on any atom is -0.460 e. The number of hydrogen-bond donors (Lipinski definition) is 2. The van der Waals surface area contributed by atoms with E-state index in [9.17, 15) is 9.59 Å². The number of rotatable bonds is 10. The first-order valence-corrected chi connectivity index (χ1v) is 8.16. The van der Waals surface area contributed by atoms with Crippen molar-refractivity contribution in [3.8, 4) is 0 Å². The molecule has 6 heteroatoms. The summed E-state index contributed by atoms with van der Waals surface area (Å²) in [5, 5.41) is 2.89. The summed E-state index contributed by atoms with van der Waals surface area (Å²) in [7, 11) is 1.55. The van der Waals surface area contributed by atoms with E-state index in [1.54, 1.807) is 21.0 Å². The maximum Gasteiger partial charge on any atom is 0.340 e. The van der Waals surface area contributed by atoms with Crippen molar-refractivity contribution < 1.29 is 19.1 Å². The third-order valence-electron chi connectivity index (χ3n) is 3.71. The number of amides is 1. The molecule has 0 aliphatic heterocycles. The van der Waals surface area contributed by atoms with Gasteiger partial charge in [0.25, 0.3) is 5.91 Å². The van der Waals surface area contributed by atoms with Crippen LogP contribution in [0.15, 0.2) is 0 Å². The average molecular weight is 324 g/mol. The Morgan fingerprint density at radius 2 is 1.87 bits per heavy atom. The van der Waals surface area contributed by atoms with Gasteiger partial charge >= 0.3 is 5.97 Å². The molecule has 23 heavy (non-hydrogen) atoms. The van der Waals surface area contributed by atoms with Crippen LogP contribution in [-0.2, 0) is 9.47 Å². The van der Waals surface area contributed by atoms with Crippen molar-refractivity contribution in [1.29, 1.82) is 0 Å². The fourth-order valence-corrected chi connectivity index (χ4v) is 2.42. The van der Waals surface area contributed by atoms with Crippen LogP contribution in [0, 0.1) is 13.8 Å². The second kappa shape index (κ2) is 10.0. The van der Waals surface area contributed by atoms with E-state index in [2.05, 4.69) is 17.2 Å². The summed E-state index contributed by atoms with van der Waals surface area (Å²) >= 11 is 0. The highest BCUT2D eigenvalue weighted by atomic mass is 16.6. The van der Waals surface area contributed by atoms with Gasteiger partial charge in [-0.1, -0.05) is 26.2 Å². The van der Waals surface area contributed by atoms with Crippen LogP contribution < -0.4 is 5.32 Å². The Morgan fingerprint density at radius 1 is 1.13 bits per heavy atom. The van der Waals surface area contributed by atoms with Gasteiger partial charge in [0.1, 0.15) is 12.3 Å². The summed E-state index contributed by atoms with van der Waals surface area (Å²) in [5.74, 6) is -0.617. The standard InChI is InChI=1S/C17H28N2O4/c1-5-6-7-8-9-18-16(20)15-12(2)14(13(3)19-15)17(21)23-11-10-22-4/h19H,5-11H2,1-4H3,(H,18,20). The van der Waals surface area contributed by atoms with Crippen LogP contribution in [0.2, 0.25) is 0 Å². The Morgan fingerprint density at radius 3 is 2.52 bits per heavy atom. The number of hydrogen-bond acceptors (Lipinski definition) is 4. The number of ether oxygens (including phenoxy) is 2. The lowest BCUT2D eigenvalue weighted by Gasteiger charge is -2.06. The molecule has 0 spiro atoms. The van der Waals surface area contributed by atoms with Gasteiger partial charge < -0.3 is 19.8 Å². The van der Waals surface area contributed by atoms with E-state index >= 15 is 0 Å². The normalized spacial score (nSPS) is 10.6. The van der Waals surface area contributed by atoms with E-state index < -0.39 is 5.97 Å². The average Bonchev–Trinajstić information content (AvgIpc) is 2.82. The van der Waals surface area contributed by atoms with E-state index in [-0.39, 0.29) is 12.5 Å². The second-order valence-corrected chi connectivity index (χ2v) is 5.57. The fourth-order valence-electron chi connectivity index (χ4n) is 2.42. The Kier molecular flexibility index (Phi) is 8.40. The van der Waals surface area contributed by atoms with Crippen LogP contribution in [0.1, 0.15) is 64.7 Å². The zero-order chi connectivity index (χ0) is 17.2. The lowest BCUT2D eigenvalue weighted by molar-refractivity contribution is 0.0387. The molecule has 2 N–H and O–H groups in total. The van der Waals surface area contributed by atoms with E-state index in [0.29, 0.717) is 35.7 Å². The molecule has 0 saturated carbocycles. The molecule has 0 aliphatic carbocycles. The van der Waals surface area contributed by atoms with Crippen molar-refractivity contribution in [2.75, 3.05) is 26.9 Å². The molecule has 0 aliphatic rings. The molecule has 0 saturated heterocycles. The minimum atomic E-state index is -0.435. The van der Waals surface area contributed by atoms with Crippen molar-refractivity contribution >= 4 is 11.9 Å². The lowest BCUT2D eigenvalue weighted by Crippen LogP contribution is -2.25. The molecular weight excluding hydrogens is 296 g/mol. The number of H-pyrrole nitrogens is 1. The third kappa shape index (κ3) is 5.71. The van der Waals surface area contributed by atoms with Gasteiger partial charge in [-0.05, 0) is 25.8 Å². The predicted octanol–water partition coefficient (Wildman–Crippen LogP) is 2.74. The first-order chi connectivity index (χ1) is 11.0. The number of aryl methyl sites for hydroxylation is 1. The molecule has 0 radical (unpaired) electrons. The number of unbranched alkanes of at least 4 members (excludes halogenated alkanes) is 3. The minimum absolute atomic E-state index is 0.182. The molecule has 1 aromatic rings. The van der Waals surface area contributed by atoms with Gasteiger partial charge in [0.05, 0.1) is 12.2 Å². The zero-order valence-electron chi connectivity index (χ0n) is 14.6. The topological polar surface area (TPSA) is 80.4 Å².